The first-order valence-electron chi connectivity index (χ1n) is 8.58. The lowest BCUT2D eigenvalue weighted by Crippen LogP contribution is -2.46. The van der Waals surface area contributed by atoms with E-state index in [1.165, 1.54) is 5.69 Å². The third-order valence-electron chi connectivity index (χ3n) is 4.65. The zero-order valence-electron chi connectivity index (χ0n) is 14.7. The third kappa shape index (κ3) is 3.15. The Morgan fingerprint density at radius 3 is 2.44 bits per heavy atom. The fraction of sp³-hybridized carbons (Fsp3) is 0.389. The van der Waals surface area contributed by atoms with Gasteiger partial charge in [-0.15, -0.1) is 0 Å². The Hall–Kier alpha value is -2.67. The number of rotatable bonds is 4. The van der Waals surface area contributed by atoms with E-state index in [0.29, 0.717) is 0 Å². The molecule has 0 amide bonds. The largest absolute Gasteiger partial charge is 0.369 e. The highest BCUT2D eigenvalue weighted by molar-refractivity contribution is 5.82. The van der Waals surface area contributed by atoms with Gasteiger partial charge in [-0.25, -0.2) is 15.0 Å². The first-order valence-corrected chi connectivity index (χ1v) is 8.58. The van der Waals surface area contributed by atoms with E-state index in [0.717, 1.165) is 49.8 Å². The first kappa shape index (κ1) is 15.8. The minimum absolute atomic E-state index is 0.809. The summed E-state index contributed by atoms with van der Waals surface area (Å²) in [7, 11) is 3.95. The highest BCUT2D eigenvalue weighted by Gasteiger charge is 2.19. The number of piperazine rings is 1. The molecule has 1 aromatic carbocycles. The van der Waals surface area contributed by atoms with Crippen molar-refractivity contribution in [2.75, 3.05) is 50.1 Å². The highest BCUT2D eigenvalue weighted by Crippen LogP contribution is 2.20. The van der Waals surface area contributed by atoms with Crippen LogP contribution in [0.25, 0.3) is 11.2 Å². The van der Waals surface area contributed by atoms with Crippen LogP contribution in [0.5, 0.6) is 0 Å². The molecule has 0 aliphatic carbocycles. The standard InChI is InChI=1S/C18H23N7/c1-22(2)17-16-18(20-12-19-17)25(13-21-16)14-23-8-10-24(11-9-23)15-6-4-3-5-7-15/h3-7,12-13H,8-11,14H2,1-2H3. The first-order chi connectivity index (χ1) is 12.2. The van der Waals surface area contributed by atoms with Crippen LogP contribution in [0.4, 0.5) is 11.5 Å². The number of hydrogen-bond donors (Lipinski definition) is 0. The fourth-order valence-corrected chi connectivity index (χ4v) is 3.30. The molecule has 3 heterocycles. The molecule has 0 saturated carbocycles. The second kappa shape index (κ2) is 6.68. The van der Waals surface area contributed by atoms with Gasteiger partial charge in [0.2, 0.25) is 0 Å². The number of fused-ring (bicyclic) bond motifs is 1. The van der Waals surface area contributed by atoms with E-state index in [1.807, 2.05) is 25.3 Å². The lowest BCUT2D eigenvalue weighted by Gasteiger charge is -2.36. The van der Waals surface area contributed by atoms with E-state index in [4.69, 9.17) is 0 Å². The van der Waals surface area contributed by atoms with Gasteiger partial charge >= 0.3 is 0 Å². The van der Waals surface area contributed by atoms with E-state index in [9.17, 15) is 0 Å². The number of hydrogen-bond acceptors (Lipinski definition) is 6. The van der Waals surface area contributed by atoms with Crippen molar-refractivity contribution < 1.29 is 0 Å². The van der Waals surface area contributed by atoms with E-state index >= 15 is 0 Å². The molecule has 0 unspecified atom stereocenters. The molecule has 1 saturated heterocycles. The summed E-state index contributed by atoms with van der Waals surface area (Å²) < 4.78 is 2.11. The summed E-state index contributed by atoms with van der Waals surface area (Å²) in [4.78, 5) is 20.1. The van der Waals surface area contributed by atoms with Crippen molar-refractivity contribution in [2.24, 2.45) is 0 Å². The molecule has 0 spiro atoms. The molecule has 1 aliphatic rings. The number of benzene rings is 1. The van der Waals surface area contributed by atoms with Crippen molar-refractivity contribution in [3.8, 4) is 0 Å². The van der Waals surface area contributed by atoms with E-state index in [-0.39, 0.29) is 0 Å². The topological polar surface area (TPSA) is 53.3 Å². The predicted octanol–water partition coefficient (Wildman–Crippen LogP) is 1.67. The number of para-hydroxylation sites is 1. The quantitative estimate of drug-likeness (QED) is 0.722. The Kier molecular flexibility index (Phi) is 4.23. The maximum Gasteiger partial charge on any atom is 0.166 e. The van der Waals surface area contributed by atoms with Gasteiger partial charge in [-0.3, -0.25) is 4.90 Å². The monoisotopic (exact) mass is 337 g/mol. The molecule has 0 N–H and O–H groups in total. The lowest BCUT2D eigenvalue weighted by atomic mass is 10.2. The van der Waals surface area contributed by atoms with Crippen LogP contribution in [-0.4, -0.2) is 64.7 Å². The van der Waals surface area contributed by atoms with Crippen molar-refractivity contribution in [3.63, 3.8) is 0 Å². The van der Waals surface area contributed by atoms with E-state index in [1.54, 1.807) is 6.33 Å². The van der Waals surface area contributed by atoms with Gasteiger partial charge in [-0.05, 0) is 12.1 Å². The SMILES string of the molecule is CN(C)c1ncnc2c1ncn2CN1CCN(c2ccccc2)CC1. The summed E-state index contributed by atoms with van der Waals surface area (Å²) in [5, 5.41) is 0. The highest BCUT2D eigenvalue weighted by atomic mass is 15.3. The average Bonchev–Trinajstić information content (AvgIpc) is 3.06. The summed E-state index contributed by atoms with van der Waals surface area (Å²) in [6.07, 6.45) is 3.49. The average molecular weight is 337 g/mol. The molecule has 0 bridgehead atoms. The summed E-state index contributed by atoms with van der Waals surface area (Å²) in [6, 6.07) is 10.6. The lowest BCUT2D eigenvalue weighted by molar-refractivity contribution is 0.208. The Labute approximate surface area is 147 Å². The Morgan fingerprint density at radius 1 is 0.960 bits per heavy atom. The molecule has 7 heteroatoms. The van der Waals surface area contributed by atoms with Crippen LogP contribution in [0, 0.1) is 0 Å². The molecule has 3 aromatic rings. The zero-order chi connectivity index (χ0) is 17.2. The van der Waals surface area contributed by atoms with Gasteiger partial charge in [-0.1, -0.05) is 18.2 Å². The van der Waals surface area contributed by atoms with E-state index < -0.39 is 0 Å². The van der Waals surface area contributed by atoms with E-state index in [2.05, 4.69) is 59.7 Å². The summed E-state index contributed by atoms with van der Waals surface area (Å²) in [6.45, 7) is 4.94. The molecule has 7 nitrogen and oxygen atoms in total. The minimum atomic E-state index is 0.809. The maximum atomic E-state index is 4.53. The van der Waals surface area contributed by atoms with Crippen molar-refractivity contribution in [1.82, 2.24) is 24.4 Å². The van der Waals surface area contributed by atoms with Crippen molar-refractivity contribution in [2.45, 2.75) is 6.67 Å². The van der Waals surface area contributed by atoms with Crippen molar-refractivity contribution >= 4 is 22.7 Å². The van der Waals surface area contributed by atoms with Crippen LogP contribution in [0.15, 0.2) is 43.0 Å². The molecule has 0 radical (unpaired) electrons. The normalized spacial score (nSPS) is 15.7. The van der Waals surface area contributed by atoms with Gasteiger partial charge < -0.3 is 14.4 Å². The van der Waals surface area contributed by atoms with Crippen LogP contribution < -0.4 is 9.80 Å². The smallest absolute Gasteiger partial charge is 0.166 e. The maximum absolute atomic E-state index is 4.53. The van der Waals surface area contributed by atoms with Gasteiger partial charge in [0.1, 0.15) is 6.33 Å². The summed E-state index contributed by atoms with van der Waals surface area (Å²) >= 11 is 0. The molecule has 2 aromatic heterocycles. The number of aromatic nitrogens is 4. The molecular weight excluding hydrogens is 314 g/mol. The zero-order valence-corrected chi connectivity index (χ0v) is 14.7. The number of anilines is 2. The summed E-state index contributed by atoms with van der Waals surface area (Å²) in [5.41, 5.74) is 3.05. The van der Waals surface area contributed by atoms with Gasteiger partial charge in [0, 0.05) is 46.0 Å². The van der Waals surface area contributed by atoms with Crippen LogP contribution >= 0.6 is 0 Å². The number of imidazole rings is 1. The predicted molar refractivity (Wildman–Crippen MR) is 99.9 cm³/mol. The molecule has 4 rings (SSSR count). The van der Waals surface area contributed by atoms with Crippen LogP contribution in [-0.2, 0) is 6.67 Å². The second-order valence-electron chi connectivity index (χ2n) is 6.56. The fourth-order valence-electron chi connectivity index (χ4n) is 3.30. The second-order valence-corrected chi connectivity index (χ2v) is 6.56. The Bertz CT molecular complexity index is 835. The molecular formula is C18H23N7. The molecule has 1 aliphatic heterocycles. The van der Waals surface area contributed by atoms with Crippen molar-refractivity contribution in [3.05, 3.63) is 43.0 Å². The van der Waals surface area contributed by atoms with Gasteiger partial charge in [0.05, 0.1) is 13.0 Å². The van der Waals surface area contributed by atoms with Crippen LogP contribution in [0.3, 0.4) is 0 Å². The third-order valence-corrected chi connectivity index (χ3v) is 4.65. The van der Waals surface area contributed by atoms with Crippen molar-refractivity contribution in [1.29, 1.82) is 0 Å². The summed E-state index contributed by atoms with van der Waals surface area (Å²) in [5.74, 6) is 0.859. The molecule has 130 valence electrons. The Morgan fingerprint density at radius 2 is 1.72 bits per heavy atom. The van der Waals surface area contributed by atoms with Crippen LogP contribution in [0.2, 0.25) is 0 Å². The molecule has 1 fully saturated rings. The molecule has 25 heavy (non-hydrogen) atoms. The minimum Gasteiger partial charge on any atom is -0.369 e. The van der Waals surface area contributed by atoms with Gasteiger partial charge in [0.15, 0.2) is 17.0 Å². The Balaban J connectivity index is 1.45. The van der Waals surface area contributed by atoms with Crippen LogP contribution in [0.1, 0.15) is 0 Å². The molecule has 0 atom stereocenters. The number of nitrogens with zero attached hydrogens (tertiary/aromatic N) is 7. The van der Waals surface area contributed by atoms with Gasteiger partial charge in [-0.2, -0.15) is 0 Å². The van der Waals surface area contributed by atoms with Gasteiger partial charge in [0.25, 0.3) is 0 Å².